The van der Waals surface area contributed by atoms with Gasteiger partial charge in [-0.25, -0.2) is 0 Å². The smallest absolute Gasteiger partial charge is 0.303 e. The lowest BCUT2D eigenvalue weighted by molar-refractivity contribution is -0.366. The normalized spacial score (nSPS) is 26.9. The maximum absolute atomic E-state index is 13.1. The number of esters is 3. The van der Waals surface area contributed by atoms with Gasteiger partial charge in [0.25, 0.3) is 0 Å². The molecule has 0 amide bonds. The van der Waals surface area contributed by atoms with Gasteiger partial charge >= 0.3 is 17.9 Å². The average Bonchev–Trinajstić information content (AvgIpc) is 4.32. The van der Waals surface area contributed by atoms with Crippen LogP contribution in [0.3, 0.4) is 0 Å². The fraction of sp³-hybridized carbons (Fsp3) is 0.534. The van der Waals surface area contributed by atoms with E-state index in [2.05, 4.69) is 0 Å². The van der Waals surface area contributed by atoms with E-state index in [1.165, 1.54) is 20.8 Å². The molecular formula is C58H70Cl2O13. The third-order valence-corrected chi connectivity index (χ3v) is 15.3. The van der Waals surface area contributed by atoms with Crippen LogP contribution in [0.2, 0.25) is 10.0 Å². The lowest BCUT2D eigenvalue weighted by atomic mass is 9.77. The molecule has 2 aliphatic carbocycles. The third-order valence-electron chi connectivity index (χ3n) is 14.6. The molecule has 13 nitrogen and oxygen atoms in total. The zero-order valence-electron chi connectivity index (χ0n) is 43.0. The van der Waals surface area contributed by atoms with Crippen molar-refractivity contribution in [1.82, 2.24) is 0 Å². The lowest BCUT2D eigenvalue weighted by Gasteiger charge is -2.52. The molecule has 73 heavy (non-hydrogen) atoms. The Morgan fingerprint density at radius 1 is 0.589 bits per heavy atom. The summed E-state index contributed by atoms with van der Waals surface area (Å²) in [7, 11) is 0. The number of carbonyl (C=O) groups excluding carboxylic acids is 3. The van der Waals surface area contributed by atoms with Gasteiger partial charge in [-0.3, -0.25) is 14.4 Å². The summed E-state index contributed by atoms with van der Waals surface area (Å²) in [6, 6.07) is 27.1. The second kappa shape index (κ2) is 24.7. The highest BCUT2D eigenvalue weighted by Crippen LogP contribution is 2.49. The first-order valence-electron chi connectivity index (χ1n) is 25.8. The SMILES string of the molecule is CC(=O)OC[C@H]1O[C@@](OC[C@H]2O[C@@H](c3ccc(Cl)c(Cc4ccc(OCCOC5CC5)cc4)c3)[C@H](OC(C)=O)[C@@H](C)[C@@H]2C)(c2ccc(Cl)c(Cc3ccc(OCCOC4CC4)cc3)c2)[C@H](OC(C)=O)[C@@H](C)[C@@H]1C. The number of carbonyl (C=O) groups is 3. The standard InChI is InChI=1S/C58H70Cl2O13/c1-34-36(3)55(70-39(6)62)56(43-12-22-51(59)44(30-43)28-41-8-14-47(15-9-41)64-24-26-66-49-18-19-49)72-53(34)33-69-58(57(71-40(7)63)37(4)35(2)54(73-58)32-68-38(5)61)46-13-23-52(60)45(31-46)29-42-10-16-48(17-11-42)65-25-27-67-50-20-21-50/h8-17,22-23,30-31,34-37,49-50,53-57H,18-21,24-29,32-33H2,1-7H3/t34-,35-,36-,37-,53+,54+,55+,56-,57+,58-/m0/s1. The van der Waals surface area contributed by atoms with Crippen LogP contribution in [0, 0.1) is 23.7 Å². The van der Waals surface area contributed by atoms with Gasteiger partial charge in [0.1, 0.15) is 43.5 Å². The Balaban J connectivity index is 1.07. The second-order valence-corrected chi connectivity index (χ2v) is 21.0. The van der Waals surface area contributed by atoms with E-state index >= 15 is 0 Å². The maximum atomic E-state index is 13.1. The summed E-state index contributed by atoms with van der Waals surface area (Å²) in [4.78, 5) is 38.2. The molecule has 0 spiro atoms. The first-order valence-corrected chi connectivity index (χ1v) is 26.5. The minimum Gasteiger partial charge on any atom is -0.491 e. The molecule has 4 aromatic rings. The topological polar surface area (TPSA) is 144 Å². The van der Waals surface area contributed by atoms with Gasteiger partial charge in [0.05, 0.1) is 44.2 Å². The predicted octanol–water partition coefficient (Wildman–Crippen LogP) is 11.0. The van der Waals surface area contributed by atoms with E-state index in [4.69, 9.17) is 70.6 Å². The van der Waals surface area contributed by atoms with Crippen molar-refractivity contribution in [2.45, 2.75) is 136 Å². The molecule has 394 valence electrons. The number of benzene rings is 4. The Bertz CT molecular complexity index is 2490. The molecule has 4 fully saturated rings. The molecule has 8 rings (SSSR count). The monoisotopic (exact) mass is 1040 g/mol. The Kier molecular flexibility index (Phi) is 18.5. The third kappa shape index (κ3) is 14.4. The molecule has 2 aliphatic heterocycles. The molecule has 2 heterocycles. The molecule has 0 unspecified atom stereocenters. The van der Waals surface area contributed by atoms with Gasteiger partial charge in [-0.2, -0.15) is 0 Å². The van der Waals surface area contributed by atoms with Crippen LogP contribution in [-0.2, 0) is 70.9 Å². The van der Waals surface area contributed by atoms with Gasteiger partial charge in [-0.05, 0) is 121 Å². The van der Waals surface area contributed by atoms with Crippen LogP contribution < -0.4 is 9.47 Å². The number of halogens is 2. The van der Waals surface area contributed by atoms with Gasteiger partial charge in [0.15, 0.2) is 6.10 Å². The Morgan fingerprint density at radius 3 is 1.66 bits per heavy atom. The summed E-state index contributed by atoms with van der Waals surface area (Å²) >= 11 is 13.9. The summed E-state index contributed by atoms with van der Waals surface area (Å²) < 4.78 is 62.6. The van der Waals surface area contributed by atoms with Crippen LogP contribution in [0.5, 0.6) is 11.5 Å². The molecule has 2 saturated carbocycles. The van der Waals surface area contributed by atoms with Crippen LogP contribution in [0.15, 0.2) is 84.9 Å². The summed E-state index contributed by atoms with van der Waals surface area (Å²) in [5.74, 6) is -2.68. The highest BCUT2D eigenvalue weighted by molar-refractivity contribution is 6.31. The van der Waals surface area contributed by atoms with Gasteiger partial charge in [0.2, 0.25) is 5.79 Å². The van der Waals surface area contributed by atoms with E-state index in [0.717, 1.165) is 65.0 Å². The summed E-state index contributed by atoms with van der Waals surface area (Å²) in [5, 5.41) is 1.10. The average molecular weight is 1050 g/mol. The Hall–Kier alpha value is -4.73. The van der Waals surface area contributed by atoms with Crippen molar-refractivity contribution in [2.24, 2.45) is 23.7 Å². The first kappa shape index (κ1) is 54.5. The summed E-state index contributed by atoms with van der Waals surface area (Å²) in [6.45, 7) is 14.1. The summed E-state index contributed by atoms with van der Waals surface area (Å²) in [6.07, 6.45) is 2.60. The van der Waals surface area contributed by atoms with Crippen LogP contribution in [-0.4, -0.2) is 94.2 Å². The van der Waals surface area contributed by atoms with Gasteiger partial charge in [-0.1, -0.05) is 93.4 Å². The number of hydrogen-bond acceptors (Lipinski definition) is 13. The van der Waals surface area contributed by atoms with Crippen molar-refractivity contribution in [3.63, 3.8) is 0 Å². The van der Waals surface area contributed by atoms with E-state index in [1.54, 1.807) is 6.07 Å². The minimum absolute atomic E-state index is 0.0410. The molecular weight excluding hydrogens is 976 g/mol. The van der Waals surface area contributed by atoms with Crippen molar-refractivity contribution in [2.75, 3.05) is 39.6 Å². The molecule has 2 saturated heterocycles. The molecule has 10 atom stereocenters. The lowest BCUT2D eigenvalue weighted by Crippen LogP contribution is -2.61. The van der Waals surface area contributed by atoms with E-state index in [0.29, 0.717) is 67.1 Å². The molecule has 4 aromatic carbocycles. The highest BCUT2D eigenvalue weighted by atomic mass is 35.5. The highest BCUT2D eigenvalue weighted by Gasteiger charge is 2.57. The quantitative estimate of drug-likeness (QED) is 0.0395. The fourth-order valence-electron chi connectivity index (χ4n) is 9.77. The van der Waals surface area contributed by atoms with Crippen molar-refractivity contribution in [1.29, 1.82) is 0 Å². The molecule has 0 bridgehead atoms. The zero-order chi connectivity index (χ0) is 51.8. The van der Waals surface area contributed by atoms with Gasteiger partial charge in [-0.15, -0.1) is 0 Å². The van der Waals surface area contributed by atoms with Crippen molar-refractivity contribution in [3.8, 4) is 11.5 Å². The second-order valence-electron chi connectivity index (χ2n) is 20.2. The fourth-order valence-corrected chi connectivity index (χ4v) is 10.1. The molecule has 0 radical (unpaired) electrons. The predicted molar refractivity (Wildman–Crippen MR) is 275 cm³/mol. The van der Waals surface area contributed by atoms with Crippen molar-refractivity contribution in [3.05, 3.63) is 128 Å². The minimum atomic E-state index is -1.74. The van der Waals surface area contributed by atoms with Crippen LogP contribution >= 0.6 is 23.2 Å². The van der Waals surface area contributed by atoms with Crippen LogP contribution in [0.1, 0.15) is 114 Å². The van der Waals surface area contributed by atoms with Crippen LogP contribution in [0.25, 0.3) is 0 Å². The number of ether oxygens (including phenoxy) is 10. The number of hydrogen-bond donors (Lipinski definition) is 0. The Labute approximate surface area is 439 Å². The van der Waals surface area contributed by atoms with Gasteiger partial charge in [0, 0.05) is 48.2 Å². The van der Waals surface area contributed by atoms with E-state index in [1.807, 2.05) is 107 Å². The molecule has 0 N–H and O–H groups in total. The number of rotatable bonds is 23. The van der Waals surface area contributed by atoms with E-state index < -0.39 is 54.2 Å². The van der Waals surface area contributed by atoms with E-state index in [9.17, 15) is 14.4 Å². The molecule has 0 aromatic heterocycles. The summed E-state index contributed by atoms with van der Waals surface area (Å²) in [5.41, 5.74) is 4.99. The maximum Gasteiger partial charge on any atom is 0.303 e. The van der Waals surface area contributed by atoms with E-state index in [-0.39, 0.29) is 36.9 Å². The van der Waals surface area contributed by atoms with Crippen molar-refractivity contribution >= 4 is 41.1 Å². The first-order chi connectivity index (χ1) is 35.1. The molecule has 15 heteroatoms. The van der Waals surface area contributed by atoms with Gasteiger partial charge < -0.3 is 47.4 Å². The van der Waals surface area contributed by atoms with Crippen LogP contribution in [0.4, 0.5) is 0 Å². The van der Waals surface area contributed by atoms with Crippen molar-refractivity contribution < 1.29 is 61.8 Å². The largest absolute Gasteiger partial charge is 0.491 e. The zero-order valence-corrected chi connectivity index (χ0v) is 44.5. The molecule has 4 aliphatic rings. The Morgan fingerprint density at radius 2 is 1.12 bits per heavy atom.